The van der Waals surface area contributed by atoms with Crippen molar-refractivity contribution in [2.75, 3.05) is 12.8 Å². The van der Waals surface area contributed by atoms with Crippen molar-refractivity contribution >= 4 is 17.7 Å². The zero-order chi connectivity index (χ0) is 11.6. The number of hydrogen-bond acceptors (Lipinski definition) is 3. The predicted octanol–water partition coefficient (Wildman–Crippen LogP) is 1.66. The van der Waals surface area contributed by atoms with Gasteiger partial charge in [-0.1, -0.05) is 12.8 Å². The molecular formula is C12H22N2OS. The van der Waals surface area contributed by atoms with Crippen LogP contribution in [0.5, 0.6) is 0 Å². The second-order valence-corrected chi connectivity index (χ2v) is 6.68. The zero-order valence-corrected chi connectivity index (χ0v) is 10.9. The van der Waals surface area contributed by atoms with Crippen LogP contribution in [0.3, 0.4) is 0 Å². The van der Waals surface area contributed by atoms with Gasteiger partial charge in [0.05, 0.1) is 0 Å². The van der Waals surface area contributed by atoms with Crippen molar-refractivity contribution in [2.45, 2.75) is 55.2 Å². The molecule has 2 saturated carbocycles. The maximum absolute atomic E-state index is 11.8. The quantitative estimate of drug-likeness (QED) is 0.771. The molecule has 1 amide bonds. The first-order chi connectivity index (χ1) is 7.58. The third-order valence-electron chi connectivity index (χ3n) is 3.96. The van der Waals surface area contributed by atoms with E-state index in [9.17, 15) is 4.79 Å². The summed E-state index contributed by atoms with van der Waals surface area (Å²) in [5.41, 5.74) is 5.97. The summed E-state index contributed by atoms with van der Waals surface area (Å²) in [6.07, 6.45) is 9.49. The van der Waals surface area contributed by atoms with Gasteiger partial charge in [0.1, 0.15) is 0 Å². The van der Waals surface area contributed by atoms with E-state index in [2.05, 4.69) is 11.6 Å². The number of carbonyl (C=O) groups is 1. The van der Waals surface area contributed by atoms with Crippen LogP contribution in [0.15, 0.2) is 0 Å². The third kappa shape index (κ3) is 2.92. The summed E-state index contributed by atoms with van der Waals surface area (Å²) in [6, 6.07) is 0. The van der Waals surface area contributed by atoms with Gasteiger partial charge in [-0.15, -0.1) is 0 Å². The minimum absolute atomic E-state index is 0.143. The van der Waals surface area contributed by atoms with Gasteiger partial charge < -0.3 is 11.1 Å². The first-order valence-corrected chi connectivity index (χ1v) is 7.41. The summed E-state index contributed by atoms with van der Waals surface area (Å²) >= 11 is 1.88. The molecule has 0 aromatic heterocycles. The highest BCUT2D eigenvalue weighted by molar-refractivity contribution is 8.00. The fraction of sp³-hybridized carbons (Fsp3) is 0.917. The molecule has 0 heterocycles. The van der Waals surface area contributed by atoms with Crippen molar-refractivity contribution < 1.29 is 4.79 Å². The van der Waals surface area contributed by atoms with E-state index in [-0.39, 0.29) is 11.4 Å². The molecule has 0 aromatic rings. The first-order valence-electron chi connectivity index (χ1n) is 6.18. The summed E-state index contributed by atoms with van der Waals surface area (Å²) in [4.78, 5) is 11.8. The standard InChI is InChI=1S/C12H22N2OS/c1-16-12(6-7-12)9-14-10(15)8-11(13)4-2-3-5-11/h2-9,13H2,1H3,(H,14,15). The fourth-order valence-corrected chi connectivity index (χ4v) is 3.22. The average Bonchev–Trinajstić information content (AvgIpc) is 2.93. The van der Waals surface area contributed by atoms with Gasteiger partial charge >= 0.3 is 0 Å². The Kier molecular flexibility index (Phi) is 3.50. The molecule has 2 aliphatic carbocycles. The van der Waals surface area contributed by atoms with E-state index in [0.717, 1.165) is 19.4 Å². The molecule has 0 spiro atoms. The van der Waals surface area contributed by atoms with Crippen LogP contribution in [0.1, 0.15) is 44.9 Å². The van der Waals surface area contributed by atoms with Crippen LogP contribution < -0.4 is 11.1 Å². The highest BCUT2D eigenvalue weighted by Gasteiger charge is 2.42. The molecule has 16 heavy (non-hydrogen) atoms. The average molecular weight is 242 g/mol. The van der Waals surface area contributed by atoms with E-state index in [1.54, 1.807) is 0 Å². The number of carbonyl (C=O) groups excluding carboxylic acids is 1. The topological polar surface area (TPSA) is 55.1 Å². The van der Waals surface area contributed by atoms with Gasteiger partial charge in [0.15, 0.2) is 0 Å². The van der Waals surface area contributed by atoms with Gasteiger partial charge in [0.25, 0.3) is 0 Å². The second-order valence-electron chi connectivity index (χ2n) is 5.41. The van der Waals surface area contributed by atoms with E-state index < -0.39 is 0 Å². The van der Waals surface area contributed by atoms with E-state index >= 15 is 0 Å². The minimum Gasteiger partial charge on any atom is -0.355 e. The van der Waals surface area contributed by atoms with Crippen molar-refractivity contribution in [3.8, 4) is 0 Å². The maximum Gasteiger partial charge on any atom is 0.221 e. The summed E-state index contributed by atoms with van der Waals surface area (Å²) in [7, 11) is 0. The molecule has 92 valence electrons. The summed E-state index contributed by atoms with van der Waals surface area (Å²) < 4.78 is 0.354. The number of nitrogens with two attached hydrogens (primary N) is 1. The Hall–Kier alpha value is -0.220. The van der Waals surface area contributed by atoms with Crippen molar-refractivity contribution in [2.24, 2.45) is 5.73 Å². The van der Waals surface area contributed by atoms with Gasteiger partial charge in [-0.25, -0.2) is 0 Å². The van der Waals surface area contributed by atoms with Crippen LogP contribution in [-0.2, 0) is 4.79 Å². The van der Waals surface area contributed by atoms with Gasteiger partial charge in [0.2, 0.25) is 5.91 Å². The number of thioether (sulfide) groups is 1. The van der Waals surface area contributed by atoms with Crippen molar-refractivity contribution in [1.29, 1.82) is 0 Å². The summed E-state index contributed by atoms with van der Waals surface area (Å²) in [6.45, 7) is 0.822. The number of amides is 1. The molecule has 0 atom stereocenters. The SMILES string of the molecule is CSC1(CNC(=O)CC2(N)CCCC2)CC1. The van der Waals surface area contributed by atoms with Crippen LogP contribution in [0.2, 0.25) is 0 Å². The normalized spacial score (nSPS) is 25.4. The molecular weight excluding hydrogens is 220 g/mol. The highest BCUT2D eigenvalue weighted by Crippen LogP contribution is 2.46. The van der Waals surface area contributed by atoms with E-state index in [1.165, 1.54) is 25.7 Å². The van der Waals surface area contributed by atoms with Crippen LogP contribution in [0.25, 0.3) is 0 Å². The molecule has 4 heteroatoms. The predicted molar refractivity (Wildman–Crippen MR) is 68.5 cm³/mol. The van der Waals surface area contributed by atoms with Crippen molar-refractivity contribution in [3.05, 3.63) is 0 Å². The van der Waals surface area contributed by atoms with Gasteiger partial charge in [-0.05, 0) is 31.9 Å². The Morgan fingerprint density at radius 1 is 1.31 bits per heavy atom. The van der Waals surface area contributed by atoms with E-state index in [1.807, 2.05) is 11.8 Å². The van der Waals surface area contributed by atoms with Crippen molar-refractivity contribution in [3.63, 3.8) is 0 Å². The van der Waals surface area contributed by atoms with Crippen molar-refractivity contribution in [1.82, 2.24) is 5.32 Å². The minimum atomic E-state index is -0.208. The zero-order valence-electron chi connectivity index (χ0n) is 10.1. The molecule has 0 bridgehead atoms. The van der Waals surface area contributed by atoms with E-state index in [4.69, 9.17) is 5.73 Å². The molecule has 0 saturated heterocycles. The lowest BCUT2D eigenvalue weighted by atomic mass is 9.94. The monoisotopic (exact) mass is 242 g/mol. The van der Waals surface area contributed by atoms with Crippen LogP contribution >= 0.6 is 11.8 Å². The molecule has 2 fully saturated rings. The number of nitrogens with one attached hydrogen (secondary N) is 1. The summed E-state index contributed by atoms with van der Waals surface area (Å²) in [5.74, 6) is 0.143. The molecule has 0 unspecified atom stereocenters. The molecule has 0 radical (unpaired) electrons. The molecule has 0 aliphatic heterocycles. The lowest BCUT2D eigenvalue weighted by molar-refractivity contribution is -0.122. The van der Waals surface area contributed by atoms with Gasteiger partial charge in [0, 0.05) is 23.3 Å². The second kappa shape index (κ2) is 4.57. The molecule has 3 N–H and O–H groups in total. The lowest BCUT2D eigenvalue weighted by Crippen LogP contribution is -2.43. The number of rotatable bonds is 5. The molecule has 3 nitrogen and oxygen atoms in total. The third-order valence-corrected chi connectivity index (χ3v) is 5.38. The molecule has 2 rings (SSSR count). The Bertz CT molecular complexity index is 270. The van der Waals surface area contributed by atoms with E-state index in [0.29, 0.717) is 11.2 Å². The van der Waals surface area contributed by atoms with Crippen LogP contribution in [0.4, 0.5) is 0 Å². The molecule has 2 aliphatic rings. The highest BCUT2D eigenvalue weighted by atomic mass is 32.2. The number of hydrogen-bond donors (Lipinski definition) is 2. The van der Waals surface area contributed by atoms with Gasteiger partial charge in [-0.3, -0.25) is 4.79 Å². The first kappa shape index (κ1) is 12.2. The Labute approximate surface area is 102 Å². The molecule has 0 aromatic carbocycles. The Balaban J connectivity index is 1.72. The Morgan fingerprint density at radius 3 is 2.44 bits per heavy atom. The largest absolute Gasteiger partial charge is 0.355 e. The fourth-order valence-electron chi connectivity index (χ4n) is 2.49. The lowest BCUT2D eigenvalue weighted by Gasteiger charge is -2.23. The Morgan fingerprint density at radius 2 is 1.94 bits per heavy atom. The van der Waals surface area contributed by atoms with Gasteiger partial charge in [-0.2, -0.15) is 11.8 Å². The van der Waals surface area contributed by atoms with Crippen LogP contribution in [0, 0.1) is 0 Å². The smallest absolute Gasteiger partial charge is 0.221 e. The maximum atomic E-state index is 11.8. The van der Waals surface area contributed by atoms with Crippen LogP contribution in [-0.4, -0.2) is 29.0 Å². The summed E-state index contributed by atoms with van der Waals surface area (Å²) in [5, 5.41) is 3.05.